The number of hydrogen-bond acceptors (Lipinski definition) is 4. The van der Waals surface area contributed by atoms with E-state index in [0.29, 0.717) is 6.04 Å². The molecule has 2 N–H and O–H groups in total. The third-order valence-electron chi connectivity index (χ3n) is 4.32. The predicted molar refractivity (Wildman–Crippen MR) is 87.4 cm³/mol. The first-order valence-corrected chi connectivity index (χ1v) is 8.09. The molecule has 0 spiro atoms. The number of aromatic nitrogens is 2. The normalized spacial score (nSPS) is 18.3. The number of aryl methyl sites for hydroxylation is 1. The summed E-state index contributed by atoms with van der Waals surface area (Å²) in [4.78, 5) is 8.77. The van der Waals surface area contributed by atoms with Gasteiger partial charge in [0.1, 0.15) is 6.33 Å². The Kier molecular flexibility index (Phi) is 5.14. The van der Waals surface area contributed by atoms with E-state index < -0.39 is 0 Å². The molecule has 1 unspecified atom stereocenters. The van der Waals surface area contributed by atoms with Gasteiger partial charge >= 0.3 is 0 Å². The van der Waals surface area contributed by atoms with Crippen LogP contribution in [0.1, 0.15) is 36.9 Å². The summed E-state index contributed by atoms with van der Waals surface area (Å²) in [6, 6.07) is 10.6. The minimum atomic E-state index is 0.0731. The summed E-state index contributed by atoms with van der Waals surface area (Å²) in [6.45, 7) is 1.22. The number of nitrogens with zero attached hydrogens (tertiary/aromatic N) is 2. The summed E-state index contributed by atoms with van der Waals surface area (Å²) in [5, 5.41) is 12.7. The molecule has 1 saturated heterocycles. The van der Waals surface area contributed by atoms with Crippen molar-refractivity contribution in [2.24, 2.45) is 0 Å². The topological polar surface area (TPSA) is 58.0 Å². The van der Waals surface area contributed by atoms with Crippen LogP contribution in [0.5, 0.6) is 0 Å². The molecule has 0 bridgehead atoms. The summed E-state index contributed by atoms with van der Waals surface area (Å²) in [5.41, 5.74) is 4.03. The van der Waals surface area contributed by atoms with E-state index in [0.717, 1.165) is 41.9 Å². The number of nitrogens with one attached hydrogen (secondary N) is 1. The number of aliphatic hydroxyl groups is 1. The third kappa shape index (κ3) is 3.90. The summed E-state index contributed by atoms with van der Waals surface area (Å²) in [5.74, 6) is 0. The molecule has 1 fully saturated rings. The molecule has 4 nitrogen and oxygen atoms in total. The van der Waals surface area contributed by atoms with Gasteiger partial charge in [0, 0.05) is 17.3 Å². The Morgan fingerprint density at radius 2 is 2.00 bits per heavy atom. The van der Waals surface area contributed by atoms with Crippen LogP contribution in [0, 0.1) is 0 Å². The van der Waals surface area contributed by atoms with Crippen LogP contribution in [0.25, 0.3) is 11.3 Å². The summed E-state index contributed by atoms with van der Waals surface area (Å²) < 4.78 is 0. The molecule has 2 heterocycles. The van der Waals surface area contributed by atoms with Gasteiger partial charge in [-0.15, -0.1) is 0 Å². The maximum atomic E-state index is 9.11. The van der Waals surface area contributed by atoms with Gasteiger partial charge in [-0.2, -0.15) is 0 Å². The maximum absolute atomic E-state index is 9.11. The second-order valence-electron chi connectivity index (χ2n) is 5.94. The van der Waals surface area contributed by atoms with Gasteiger partial charge in [0.05, 0.1) is 12.3 Å². The Hall–Kier alpha value is -1.78. The van der Waals surface area contributed by atoms with Gasteiger partial charge < -0.3 is 10.4 Å². The highest BCUT2D eigenvalue weighted by molar-refractivity contribution is 5.59. The van der Waals surface area contributed by atoms with E-state index in [9.17, 15) is 0 Å². The standard InChI is InChI=1S/C18H23N3O/c22-12-14-4-6-15(7-5-14)18-11-17(20-13-21-18)9-8-16-3-1-2-10-19-16/h4-7,11,13,16,19,22H,1-3,8-10,12H2. The molecule has 1 aromatic carbocycles. The summed E-state index contributed by atoms with van der Waals surface area (Å²) >= 11 is 0. The Morgan fingerprint density at radius 1 is 1.14 bits per heavy atom. The van der Waals surface area contributed by atoms with Gasteiger partial charge in [-0.1, -0.05) is 30.7 Å². The zero-order valence-corrected chi connectivity index (χ0v) is 12.8. The average Bonchev–Trinajstić information content (AvgIpc) is 2.61. The molecule has 0 aliphatic carbocycles. The lowest BCUT2D eigenvalue weighted by atomic mass is 9.99. The highest BCUT2D eigenvalue weighted by Crippen LogP contribution is 2.19. The highest BCUT2D eigenvalue weighted by Gasteiger charge is 2.12. The molecular formula is C18H23N3O. The van der Waals surface area contributed by atoms with Crippen LogP contribution in [0.2, 0.25) is 0 Å². The number of aliphatic hydroxyl groups excluding tert-OH is 1. The molecule has 2 aromatic rings. The lowest BCUT2D eigenvalue weighted by molar-refractivity contribution is 0.282. The average molecular weight is 297 g/mol. The van der Waals surface area contributed by atoms with Gasteiger partial charge in [0.25, 0.3) is 0 Å². The van der Waals surface area contributed by atoms with E-state index in [1.54, 1.807) is 6.33 Å². The van der Waals surface area contributed by atoms with Crippen molar-refractivity contribution in [2.75, 3.05) is 6.54 Å². The quantitative estimate of drug-likeness (QED) is 0.891. The smallest absolute Gasteiger partial charge is 0.116 e. The molecule has 1 atom stereocenters. The van der Waals surface area contributed by atoms with Crippen molar-refractivity contribution >= 4 is 0 Å². The van der Waals surface area contributed by atoms with Crippen LogP contribution >= 0.6 is 0 Å². The molecule has 0 radical (unpaired) electrons. The van der Waals surface area contributed by atoms with Gasteiger partial charge in [0.15, 0.2) is 0 Å². The first kappa shape index (κ1) is 15.1. The Labute approximate surface area is 131 Å². The van der Waals surface area contributed by atoms with Crippen LogP contribution in [0.15, 0.2) is 36.7 Å². The van der Waals surface area contributed by atoms with E-state index >= 15 is 0 Å². The zero-order valence-electron chi connectivity index (χ0n) is 12.8. The molecule has 0 saturated carbocycles. The summed E-state index contributed by atoms with van der Waals surface area (Å²) in [6.07, 6.45) is 7.70. The molecule has 0 amide bonds. The number of benzene rings is 1. The van der Waals surface area contributed by atoms with Crippen LogP contribution in [-0.4, -0.2) is 27.7 Å². The molecule has 116 valence electrons. The lowest BCUT2D eigenvalue weighted by Gasteiger charge is -2.23. The molecular weight excluding hydrogens is 274 g/mol. The minimum Gasteiger partial charge on any atom is -0.392 e. The van der Waals surface area contributed by atoms with Crippen molar-refractivity contribution < 1.29 is 5.11 Å². The van der Waals surface area contributed by atoms with E-state index in [1.807, 2.05) is 24.3 Å². The molecule has 22 heavy (non-hydrogen) atoms. The monoisotopic (exact) mass is 297 g/mol. The fourth-order valence-electron chi connectivity index (χ4n) is 2.97. The van der Waals surface area contributed by atoms with Crippen molar-refractivity contribution in [3.8, 4) is 11.3 Å². The van der Waals surface area contributed by atoms with Crippen LogP contribution < -0.4 is 5.32 Å². The van der Waals surface area contributed by atoms with Gasteiger partial charge in [-0.05, 0) is 43.9 Å². The van der Waals surface area contributed by atoms with E-state index in [2.05, 4.69) is 21.4 Å². The maximum Gasteiger partial charge on any atom is 0.116 e. The number of rotatable bonds is 5. The Balaban J connectivity index is 1.66. The molecule has 3 rings (SSSR count). The van der Waals surface area contributed by atoms with Crippen LogP contribution in [-0.2, 0) is 13.0 Å². The summed E-state index contributed by atoms with van der Waals surface area (Å²) in [7, 11) is 0. The van der Waals surface area contributed by atoms with E-state index in [4.69, 9.17) is 5.11 Å². The largest absolute Gasteiger partial charge is 0.392 e. The first-order valence-electron chi connectivity index (χ1n) is 8.09. The number of hydrogen-bond donors (Lipinski definition) is 2. The lowest BCUT2D eigenvalue weighted by Crippen LogP contribution is -2.34. The zero-order chi connectivity index (χ0) is 15.2. The van der Waals surface area contributed by atoms with Crippen molar-refractivity contribution in [1.82, 2.24) is 15.3 Å². The van der Waals surface area contributed by atoms with E-state index in [-0.39, 0.29) is 6.61 Å². The molecule has 1 aliphatic heterocycles. The van der Waals surface area contributed by atoms with Crippen molar-refractivity contribution in [2.45, 2.75) is 44.8 Å². The Bertz CT molecular complexity index is 592. The first-order chi connectivity index (χ1) is 10.8. The van der Waals surface area contributed by atoms with E-state index in [1.165, 1.54) is 19.3 Å². The fourth-order valence-corrected chi connectivity index (χ4v) is 2.97. The molecule has 1 aromatic heterocycles. The molecule has 4 heteroatoms. The SMILES string of the molecule is OCc1ccc(-c2cc(CCC3CCCCN3)ncn2)cc1. The second-order valence-corrected chi connectivity index (χ2v) is 5.94. The van der Waals surface area contributed by atoms with Crippen molar-refractivity contribution in [3.63, 3.8) is 0 Å². The highest BCUT2D eigenvalue weighted by atomic mass is 16.3. The van der Waals surface area contributed by atoms with Gasteiger partial charge in [-0.3, -0.25) is 0 Å². The second kappa shape index (κ2) is 7.47. The van der Waals surface area contributed by atoms with Crippen molar-refractivity contribution in [3.05, 3.63) is 47.9 Å². The minimum absolute atomic E-state index is 0.0731. The van der Waals surface area contributed by atoms with Gasteiger partial charge in [0.2, 0.25) is 0 Å². The van der Waals surface area contributed by atoms with Crippen LogP contribution in [0.3, 0.4) is 0 Å². The van der Waals surface area contributed by atoms with Crippen molar-refractivity contribution in [1.29, 1.82) is 0 Å². The van der Waals surface area contributed by atoms with Gasteiger partial charge in [-0.25, -0.2) is 9.97 Å². The number of piperidine rings is 1. The molecule has 1 aliphatic rings. The third-order valence-corrected chi connectivity index (χ3v) is 4.32. The predicted octanol–water partition coefficient (Wildman–Crippen LogP) is 2.71. The van der Waals surface area contributed by atoms with Crippen LogP contribution in [0.4, 0.5) is 0 Å². The fraction of sp³-hybridized carbons (Fsp3) is 0.444. The Morgan fingerprint density at radius 3 is 2.73 bits per heavy atom.